The number of carbonyl (C=O) groups is 1. The molecule has 1 aliphatic rings. The smallest absolute Gasteiger partial charge is 0.251 e. The molecule has 1 N–H and O–H groups in total. The predicted molar refractivity (Wildman–Crippen MR) is 98.0 cm³/mol. The number of hydrogen-bond donors (Lipinski definition) is 1. The van der Waals surface area contributed by atoms with Crippen LogP contribution in [0.15, 0.2) is 24.3 Å². The van der Waals surface area contributed by atoms with E-state index in [1.54, 1.807) is 0 Å². The van der Waals surface area contributed by atoms with Crippen LogP contribution in [0.2, 0.25) is 0 Å². The van der Waals surface area contributed by atoms with Crippen LogP contribution < -0.4 is 10.1 Å². The Morgan fingerprint density at radius 3 is 2.52 bits per heavy atom. The van der Waals surface area contributed by atoms with Crippen molar-refractivity contribution in [3.05, 3.63) is 46.8 Å². The molecule has 3 rings (SSSR count). The van der Waals surface area contributed by atoms with Crippen LogP contribution in [0.4, 0.5) is 0 Å². The average Bonchev–Trinajstić information content (AvgIpc) is 3.19. The number of aryl methyl sites for hydroxylation is 2. The van der Waals surface area contributed by atoms with Gasteiger partial charge in [0.1, 0.15) is 5.75 Å². The Balaban J connectivity index is 1.50. The summed E-state index contributed by atoms with van der Waals surface area (Å²) in [5, 5.41) is 7.40. The number of aromatic nitrogens is 2. The summed E-state index contributed by atoms with van der Waals surface area (Å²) >= 11 is 0. The van der Waals surface area contributed by atoms with Crippen molar-refractivity contribution in [1.82, 2.24) is 15.1 Å². The maximum atomic E-state index is 12.3. The molecule has 1 aromatic heterocycles. The van der Waals surface area contributed by atoms with Crippen molar-refractivity contribution in [1.29, 1.82) is 0 Å². The van der Waals surface area contributed by atoms with Crippen molar-refractivity contribution < 1.29 is 9.53 Å². The van der Waals surface area contributed by atoms with Crippen LogP contribution in [0.5, 0.6) is 5.75 Å². The second-order valence-electron chi connectivity index (χ2n) is 6.83. The number of ether oxygens (including phenoxy) is 1. The number of benzene rings is 1. The molecule has 0 spiro atoms. The molecule has 1 heterocycles. The molecule has 1 amide bonds. The lowest BCUT2D eigenvalue weighted by atomic mass is 10.1. The first-order chi connectivity index (χ1) is 12.0. The van der Waals surface area contributed by atoms with Crippen LogP contribution in [0, 0.1) is 13.8 Å². The highest BCUT2D eigenvalue weighted by molar-refractivity contribution is 5.94. The quantitative estimate of drug-likeness (QED) is 0.877. The summed E-state index contributed by atoms with van der Waals surface area (Å²) < 4.78 is 7.82. The Morgan fingerprint density at radius 1 is 1.24 bits per heavy atom. The summed E-state index contributed by atoms with van der Waals surface area (Å²) in [6, 6.07) is 7.45. The summed E-state index contributed by atoms with van der Waals surface area (Å²) in [6.45, 7) is 4.67. The van der Waals surface area contributed by atoms with Crippen molar-refractivity contribution in [2.24, 2.45) is 7.05 Å². The number of amides is 1. The molecule has 1 aromatic carbocycles. The van der Waals surface area contributed by atoms with Gasteiger partial charge in [-0.2, -0.15) is 5.10 Å². The van der Waals surface area contributed by atoms with Crippen molar-refractivity contribution >= 4 is 5.91 Å². The molecule has 0 radical (unpaired) electrons. The summed E-state index contributed by atoms with van der Waals surface area (Å²) in [7, 11) is 1.94. The highest BCUT2D eigenvalue weighted by Crippen LogP contribution is 2.24. The summed E-state index contributed by atoms with van der Waals surface area (Å²) in [5.74, 6) is 0.802. The topological polar surface area (TPSA) is 56.2 Å². The second kappa shape index (κ2) is 7.72. The highest BCUT2D eigenvalue weighted by atomic mass is 16.5. The van der Waals surface area contributed by atoms with Gasteiger partial charge in [0.25, 0.3) is 5.91 Å². The minimum atomic E-state index is -0.0494. The fraction of sp³-hybridized carbons (Fsp3) is 0.500. The Kier molecular flexibility index (Phi) is 5.41. The molecule has 1 fully saturated rings. The van der Waals surface area contributed by atoms with Gasteiger partial charge in [-0.25, -0.2) is 0 Å². The number of hydrogen-bond acceptors (Lipinski definition) is 3. The first kappa shape index (κ1) is 17.5. The van der Waals surface area contributed by atoms with Gasteiger partial charge < -0.3 is 10.1 Å². The van der Waals surface area contributed by atoms with Gasteiger partial charge in [-0.1, -0.05) is 0 Å². The third-order valence-electron chi connectivity index (χ3n) is 5.04. The molecule has 0 bridgehead atoms. The van der Waals surface area contributed by atoms with Gasteiger partial charge in [-0.3, -0.25) is 9.48 Å². The zero-order valence-corrected chi connectivity index (χ0v) is 15.3. The molecule has 1 aliphatic carbocycles. The normalized spacial score (nSPS) is 14.7. The van der Waals surface area contributed by atoms with E-state index in [0.29, 0.717) is 18.2 Å². The maximum Gasteiger partial charge on any atom is 0.251 e. The minimum Gasteiger partial charge on any atom is -0.490 e. The molecule has 5 nitrogen and oxygen atoms in total. The molecule has 2 aromatic rings. The molecule has 5 heteroatoms. The summed E-state index contributed by atoms with van der Waals surface area (Å²) in [5.41, 5.74) is 4.06. The van der Waals surface area contributed by atoms with Gasteiger partial charge in [-0.15, -0.1) is 0 Å². The fourth-order valence-electron chi connectivity index (χ4n) is 3.47. The lowest BCUT2D eigenvalue weighted by Gasteiger charge is -2.13. The minimum absolute atomic E-state index is 0.0494. The number of nitrogens with one attached hydrogen (secondary N) is 1. The first-order valence-electron chi connectivity index (χ1n) is 9.08. The second-order valence-corrected chi connectivity index (χ2v) is 6.83. The Hall–Kier alpha value is -2.30. The molecule has 25 heavy (non-hydrogen) atoms. The van der Waals surface area contributed by atoms with Crippen molar-refractivity contribution in [2.45, 2.75) is 52.1 Å². The van der Waals surface area contributed by atoms with E-state index in [-0.39, 0.29) is 5.91 Å². The van der Waals surface area contributed by atoms with E-state index in [0.717, 1.165) is 36.4 Å². The fourth-order valence-corrected chi connectivity index (χ4v) is 3.47. The van der Waals surface area contributed by atoms with Crippen LogP contribution in [0.3, 0.4) is 0 Å². The molecule has 1 saturated carbocycles. The average molecular weight is 341 g/mol. The molecule has 0 atom stereocenters. The number of carbonyl (C=O) groups excluding carboxylic acids is 1. The van der Waals surface area contributed by atoms with E-state index in [4.69, 9.17) is 4.74 Å². The Morgan fingerprint density at radius 2 is 1.92 bits per heavy atom. The Bertz CT molecular complexity index is 728. The third kappa shape index (κ3) is 4.21. The van der Waals surface area contributed by atoms with Crippen molar-refractivity contribution in [2.75, 3.05) is 6.54 Å². The lowest BCUT2D eigenvalue weighted by molar-refractivity contribution is 0.0954. The van der Waals surface area contributed by atoms with Crippen LogP contribution in [0.1, 0.15) is 53.0 Å². The van der Waals surface area contributed by atoms with E-state index >= 15 is 0 Å². The van der Waals surface area contributed by atoms with Gasteiger partial charge in [-0.05, 0) is 75.8 Å². The zero-order valence-electron chi connectivity index (χ0n) is 15.3. The zero-order chi connectivity index (χ0) is 17.8. The van der Waals surface area contributed by atoms with Gasteiger partial charge in [0.2, 0.25) is 0 Å². The van der Waals surface area contributed by atoms with Gasteiger partial charge >= 0.3 is 0 Å². The van der Waals surface area contributed by atoms with E-state index in [1.165, 1.54) is 18.4 Å². The van der Waals surface area contributed by atoms with E-state index in [2.05, 4.69) is 17.3 Å². The lowest BCUT2D eigenvalue weighted by Crippen LogP contribution is -2.25. The van der Waals surface area contributed by atoms with Crippen LogP contribution in [0.25, 0.3) is 0 Å². The van der Waals surface area contributed by atoms with E-state index in [9.17, 15) is 4.79 Å². The molecule has 0 saturated heterocycles. The predicted octanol–water partition coefficient (Wildman–Crippen LogP) is 3.33. The molecular weight excluding hydrogens is 314 g/mol. The van der Waals surface area contributed by atoms with Gasteiger partial charge in [0.15, 0.2) is 0 Å². The van der Waals surface area contributed by atoms with Gasteiger partial charge in [0, 0.05) is 24.8 Å². The number of nitrogens with zero attached hydrogens (tertiary/aromatic N) is 2. The highest BCUT2D eigenvalue weighted by Gasteiger charge is 2.16. The number of rotatable bonds is 6. The van der Waals surface area contributed by atoms with Crippen molar-refractivity contribution in [3.63, 3.8) is 0 Å². The SMILES string of the molecule is Cc1nn(C)c(C)c1CCNC(=O)c1ccc(OC2CCCC2)cc1. The first-order valence-corrected chi connectivity index (χ1v) is 9.08. The largest absolute Gasteiger partial charge is 0.490 e. The monoisotopic (exact) mass is 341 g/mol. The van der Waals surface area contributed by atoms with Gasteiger partial charge in [0.05, 0.1) is 11.8 Å². The van der Waals surface area contributed by atoms with Crippen LogP contribution >= 0.6 is 0 Å². The standard InChI is InChI=1S/C20H27N3O2/c1-14-19(15(2)23(3)22-14)12-13-21-20(24)16-8-10-18(11-9-16)25-17-6-4-5-7-17/h8-11,17H,4-7,12-13H2,1-3H3,(H,21,24). The molecule has 0 unspecified atom stereocenters. The summed E-state index contributed by atoms with van der Waals surface area (Å²) in [4.78, 5) is 12.3. The van der Waals surface area contributed by atoms with Crippen molar-refractivity contribution in [3.8, 4) is 5.75 Å². The maximum absolute atomic E-state index is 12.3. The summed E-state index contributed by atoms with van der Waals surface area (Å²) in [6.07, 6.45) is 5.90. The Labute approximate surface area is 149 Å². The van der Waals surface area contributed by atoms with Crippen LogP contribution in [-0.4, -0.2) is 28.3 Å². The third-order valence-corrected chi connectivity index (χ3v) is 5.04. The molecule has 0 aliphatic heterocycles. The molecular formula is C20H27N3O2. The van der Waals surface area contributed by atoms with Crippen LogP contribution in [-0.2, 0) is 13.5 Å². The molecule has 134 valence electrons. The van der Waals surface area contributed by atoms with E-state index in [1.807, 2.05) is 42.9 Å². The van der Waals surface area contributed by atoms with E-state index < -0.39 is 0 Å².